The zero-order chi connectivity index (χ0) is 27.0. The van der Waals surface area contributed by atoms with Crippen molar-refractivity contribution in [1.82, 2.24) is 24.7 Å². The Kier molecular flexibility index (Phi) is 6.80. The number of hydrogen-bond donors (Lipinski definition) is 2. The molecule has 3 aromatic heterocycles. The van der Waals surface area contributed by atoms with Crippen LogP contribution >= 0.6 is 0 Å². The fraction of sp³-hybridized carbons (Fsp3) is 0.360. The van der Waals surface area contributed by atoms with E-state index in [0.717, 1.165) is 12.1 Å². The second kappa shape index (κ2) is 9.58. The number of aromatic nitrogens is 5. The summed E-state index contributed by atoms with van der Waals surface area (Å²) in [5.41, 5.74) is -3.27. The highest BCUT2D eigenvalue weighted by Gasteiger charge is 2.56. The molecular formula is C25H26F4N6O2. The zero-order valence-corrected chi connectivity index (χ0v) is 20.6. The fourth-order valence-corrected chi connectivity index (χ4v) is 4.35. The van der Waals surface area contributed by atoms with Gasteiger partial charge in [-0.2, -0.15) is 18.3 Å². The molecule has 2 N–H and O–H groups in total. The molecule has 196 valence electrons. The molecule has 1 aromatic carbocycles. The van der Waals surface area contributed by atoms with Crippen LogP contribution < -0.4 is 10.1 Å². The number of methoxy groups -OCH3 is 1. The Hall–Kier alpha value is -3.80. The van der Waals surface area contributed by atoms with Gasteiger partial charge in [-0.1, -0.05) is 13.8 Å². The summed E-state index contributed by atoms with van der Waals surface area (Å²) in [7, 11) is 1.35. The number of hydrogen-bond acceptors (Lipinski definition) is 7. The Labute approximate surface area is 210 Å². The van der Waals surface area contributed by atoms with Crippen LogP contribution in [-0.4, -0.2) is 55.3 Å². The first-order valence-electron chi connectivity index (χ1n) is 11.3. The molecule has 8 nitrogen and oxygen atoms in total. The van der Waals surface area contributed by atoms with E-state index in [2.05, 4.69) is 25.4 Å². The minimum absolute atomic E-state index is 0.0895. The molecule has 0 radical (unpaired) electrons. The van der Waals surface area contributed by atoms with Gasteiger partial charge in [0.1, 0.15) is 23.2 Å². The van der Waals surface area contributed by atoms with Crippen LogP contribution in [0.3, 0.4) is 0 Å². The highest BCUT2D eigenvalue weighted by molar-refractivity contribution is 5.87. The van der Waals surface area contributed by atoms with Crippen molar-refractivity contribution in [2.75, 3.05) is 19.0 Å². The van der Waals surface area contributed by atoms with Crippen molar-refractivity contribution < 1.29 is 27.4 Å². The number of halogens is 4. The van der Waals surface area contributed by atoms with E-state index in [4.69, 9.17) is 4.74 Å². The molecule has 3 heterocycles. The molecule has 12 heteroatoms. The summed E-state index contributed by atoms with van der Waals surface area (Å²) < 4.78 is 63.6. The van der Waals surface area contributed by atoms with E-state index in [0.29, 0.717) is 22.5 Å². The molecule has 0 aliphatic carbocycles. The Bertz CT molecular complexity index is 1410. The van der Waals surface area contributed by atoms with Crippen molar-refractivity contribution in [1.29, 1.82) is 0 Å². The van der Waals surface area contributed by atoms with Gasteiger partial charge in [0, 0.05) is 18.0 Å². The highest BCUT2D eigenvalue weighted by atomic mass is 19.4. The van der Waals surface area contributed by atoms with Crippen LogP contribution in [0.25, 0.3) is 16.7 Å². The second-order valence-electron chi connectivity index (χ2n) is 9.41. The van der Waals surface area contributed by atoms with Gasteiger partial charge in [-0.05, 0) is 49.1 Å². The molecule has 0 aliphatic rings. The first-order valence-corrected chi connectivity index (χ1v) is 11.3. The van der Waals surface area contributed by atoms with Gasteiger partial charge in [-0.3, -0.25) is 4.98 Å². The van der Waals surface area contributed by atoms with Crippen LogP contribution in [0.5, 0.6) is 5.75 Å². The lowest BCUT2D eigenvalue weighted by atomic mass is 9.74. The number of ether oxygens (including phenoxy) is 1. The second-order valence-corrected chi connectivity index (χ2v) is 9.41. The lowest BCUT2D eigenvalue weighted by Gasteiger charge is -2.38. The summed E-state index contributed by atoms with van der Waals surface area (Å²) in [5, 5.41) is 18.3. The molecule has 1 unspecified atom stereocenters. The Balaban J connectivity index is 1.68. The number of aryl methyl sites for hydroxylation is 1. The van der Waals surface area contributed by atoms with Crippen LogP contribution in [0.2, 0.25) is 0 Å². The van der Waals surface area contributed by atoms with Gasteiger partial charge in [0.25, 0.3) is 0 Å². The van der Waals surface area contributed by atoms with Gasteiger partial charge in [0.05, 0.1) is 30.9 Å². The van der Waals surface area contributed by atoms with Crippen LogP contribution in [-0.2, 0) is 5.41 Å². The van der Waals surface area contributed by atoms with Gasteiger partial charge in [0.15, 0.2) is 11.2 Å². The van der Waals surface area contributed by atoms with E-state index in [1.807, 2.05) is 0 Å². The molecule has 0 fully saturated rings. The van der Waals surface area contributed by atoms with Gasteiger partial charge in [-0.15, -0.1) is 0 Å². The van der Waals surface area contributed by atoms with Gasteiger partial charge in [-0.25, -0.2) is 19.0 Å². The molecule has 4 rings (SSSR count). The van der Waals surface area contributed by atoms with Crippen LogP contribution in [0.1, 0.15) is 31.7 Å². The molecule has 0 spiro atoms. The van der Waals surface area contributed by atoms with E-state index in [9.17, 15) is 22.7 Å². The summed E-state index contributed by atoms with van der Waals surface area (Å²) in [6.45, 7) is 3.67. The topological polar surface area (TPSA) is 98.0 Å². The molecular weight excluding hydrogens is 492 g/mol. The van der Waals surface area contributed by atoms with E-state index in [1.165, 1.54) is 37.9 Å². The van der Waals surface area contributed by atoms with E-state index in [1.54, 1.807) is 31.5 Å². The summed E-state index contributed by atoms with van der Waals surface area (Å²) in [6.07, 6.45) is -1.20. The number of fused-ring (bicyclic) bond motifs is 1. The first kappa shape index (κ1) is 26.3. The number of aliphatic hydroxyl groups is 1. The number of alkyl halides is 3. The summed E-state index contributed by atoms with van der Waals surface area (Å²) in [5.74, 6) is -0.0130. The van der Waals surface area contributed by atoms with Crippen LogP contribution in [0, 0.1) is 12.7 Å². The number of nitrogens with one attached hydrogen (secondary N) is 1. The fourth-order valence-electron chi connectivity index (χ4n) is 4.35. The summed E-state index contributed by atoms with van der Waals surface area (Å²) in [4.78, 5) is 12.6. The predicted octanol–water partition coefficient (Wildman–Crippen LogP) is 4.74. The van der Waals surface area contributed by atoms with E-state index < -0.39 is 36.0 Å². The Morgan fingerprint density at radius 1 is 1.08 bits per heavy atom. The number of rotatable bonds is 8. The number of nitrogens with zero attached hydrogens (tertiary/aromatic N) is 5. The third-order valence-electron chi connectivity index (χ3n) is 6.15. The molecule has 37 heavy (non-hydrogen) atoms. The summed E-state index contributed by atoms with van der Waals surface area (Å²) in [6, 6.07) is 7.04. The normalized spacial score (nSPS) is 14.0. The molecule has 0 saturated heterocycles. The minimum atomic E-state index is -5.01. The van der Waals surface area contributed by atoms with Crippen molar-refractivity contribution in [3.63, 3.8) is 0 Å². The van der Waals surface area contributed by atoms with Gasteiger partial charge >= 0.3 is 6.18 Å². The van der Waals surface area contributed by atoms with Crippen LogP contribution in [0.4, 0.5) is 23.4 Å². The zero-order valence-electron chi connectivity index (χ0n) is 20.6. The van der Waals surface area contributed by atoms with Crippen molar-refractivity contribution >= 4 is 16.9 Å². The quantitative estimate of drug-likeness (QED) is 0.325. The number of anilines is 1. The Morgan fingerprint density at radius 3 is 2.43 bits per heavy atom. The third-order valence-corrected chi connectivity index (χ3v) is 6.15. The monoisotopic (exact) mass is 518 g/mol. The summed E-state index contributed by atoms with van der Waals surface area (Å²) >= 11 is 0. The van der Waals surface area contributed by atoms with Crippen molar-refractivity contribution in [2.45, 2.75) is 44.4 Å². The smallest absolute Gasteiger partial charge is 0.418 e. The van der Waals surface area contributed by atoms with Crippen molar-refractivity contribution in [2.24, 2.45) is 0 Å². The maximum Gasteiger partial charge on any atom is 0.418 e. The molecule has 1 atom stereocenters. The molecule has 0 bridgehead atoms. The highest BCUT2D eigenvalue weighted by Crippen LogP contribution is 2.44. The van der Waals surface area contributed by atoms with Gasteiger partial charge < -0.3 is 15.2 Å². The molecule has 0 amide bonds. The SMILES string of the molecule is COc1ccc(F)cc1C(C)(C)CC(O)(CNc1nc(C)nc2c1cnn2-c1ccncc1)C(F)(F)F. The number of pyridine rings is 1. The van der Waals surface area contributed by atoms with Crippen molar-refractivity contribution in [3.05, 3.63) is 66.1 Å². The number of benzene rings is 1. The standard InChI is InChI=1S/C25H26F4N6O2/c1-15-33-21(18-12-32-35(22(18)34-15)17-7-9-30-10-8-17)31-14-24(36,25(27,28)29)13-23(2,3)19-11-16(26)5-6-20(19)37-4/h5-12,36H,13-14H2,1-4H3,(H,31,33,34). The van der Waals surface area contributed by atoms with E-state index >= 15 is 0 Å². The maximum absolute atomic E-state index is 14.3. The maximum atomic E-state index is 14.3. The molecule has 4 aromatic rings. The van der Waals surface area contributed by atoms with Crippen LogP contribution in [0.15, 0.2) is 48.9 Å². The minimum Gasteiger partial charge on any atom is -0.496 e. The Morgan fingerprint density at radius 2 is 1.78 bits per heavy atom. The lowest BCUT2D eigenvalue weighted by molar-refractivity contribution is -0.260. The third kappa shape index (κ3) is 5.19. The average molecular weight is 519 g/mol. The average Bonchev–Trinajstić information content (AvgIpc) is 3.26. The molecule has 0 aliphatic heterocycles. The molecule has 0 saturated carbocycles. The largest absolute Gasteiger partial charge is 0.496 e. The first-order chi connectivity index (χ1) is 17.3. The predicted molar refractivity (Wildman–Crippen MR) is 129 cm³/mol. The van der Waals surface area contributed by atoms with Gasteiger partial charge in [0.2, 0.25) is 0 Å². The lowest BCUT2D eigenvalue weighted by Crippen LogP contribution is -2.53. The van der Waals surface area contributed by atoms with Crippen molar-refractivity contribution in [3.8, 4) is 11.4 Å². The van der Waals surface area contributed by atoms with E-state index in [-0.39, 0.29) is 17.1 Å².